The third-order valence-corrected chi connectivity index (χ3v) is 7.94. The Labute approximate surface area is 210 Å². The maximum Gasteiger partial charge on any atom is 0.242 e. The molecule has 2 N–H and O–H groups in total. The highest BCUT2D eigenvalue weighted by atomic mass is 35.5. The summed E-state index contributed by atoms with van der Waals surface area (Å²) in [4.78, 5) is 26.8. The summed E-state index contributed by atoms with van der Waals surface area (Å²) in [5.74, 6) is -0.583. The molecule has 0 bridgehead atoms. The van der Waals surface area contributed by atoms with Gasteiger partial charge in [0, 0.05) is 29.9 Å². The standard InChI is InChI=1S/C26H26ClN3O4S/c1-17-22(27)9-6-10-23(17)28-26(32)24(15-19-7-4-3-5-8-19)29-35(33,34)21-11-12-25-20(16-21)13-14-30(25)18(2)31/h3-12,16,24,29H,13-15H2,1-2H3,(H,28,32)/t24-/m0/s1. The molecule has 3 aromatic rings. The van der Waals surface area contributed by atoms with E-state index in [1.807, 2.05) is 30.3 Å². The summed E-state index contributed by atoms with van der Waals surface area (Å²) in [5, 5.41) is 3.31. The topological polar surface area (TPSA) is 95.6 Å². The summed E-state index contributed by atoms with van der Waals surface area (Å²) in [6.07, 6.45) is 0.731. The highest BCUT2D eigenvalue weighted by Crippen LogP contribution is 2.30. The monoisotopic (exact) mass is 511 g/mol. The molecule has 0 radical (unpaired) electrons. The van der Waals surface area contributed by atoms with Crippen molar-refractivity contribution in [2.24, 2.45) is 0 Å². The molecular formula is C26H26ClN3O4S. The van der Waals surface area contributed by atoms with Gasteiger partial charge in [-0.25, -0.2) is 8.42 Å². The lowest BCUT2D eigenvalue weighted by atomic mass is 10.1. The van der Waals surface area contributed by atoms with Gasteiger partial charge in [0.25, 0.3) is 0 Å². The molecule has 4 rings (SSSR count). The number of nitrogens with one attached hydrogen (secondary N) is 2. The summed E-state index contributed by atoms with van der Waals surface area (Å²) in [6, 6.07) is 18.0. The van der Waals surface area contributed by atoms with E-state index in [9.17, 15) is 18.0 Å². The number of nitrogens with zero attached hydrogens (tertiary/aromatic N) is 1. The molecule has 1 atom stereocenters. The van der Waals surface area contributed by atoms with Crippen LogP contribution in [0.15, 0.2) is 71.6 Å². The first-order valence-corrected chi connectivity index (χ1v) is 13.0. The highest BCUT2D eigenvalue weighted by molar-refractivity contribution is 7.89. The Hall–Kier alpha value is -3.20. The molecule has 7 nitrogen and oxygen atoms in total. The van der Waals surface area contributed by atoms with E-state index in [1.54, 1.807) is 42.2 Å². The van der Waals surface area contributed by atoms with Crippen LogP contribution in [0.3, 0.4) is 0 Å². The number of hydrogen-bond acceptors (Lipinski definition) is 4. The van der Waals surface area contributed by atoms with Crippen molar-refractivity contribution in [3.8, 4) is 0 Å². The summed E-state index contributed by atoms with van der Waals surface area (Å²) < 4.78 is 29.3. The van der Waals surface area contributed by atoms with Crippen molar-refractivity contribution >= 4 is 44.8 Å². The number of rotatable bonds is 7. The quantitative estimate of drug-likeness (QED) is 0.499. The average Bonchev–Trinajstić information content (AvgIpc) is 3.26. The maximum absolute atomic E-state index is 13.3. The van der Waals surface area contributed by atoms with Crippen LogP contribution in [0.25, 0.3) is 0 Å². The molecule has 0 saturated heterocycles. The molecule has 9 heteroatoms. The number of anilines is 2. The second-order valence-electron chi connectivity index (χ2n) is 8.48. The van der Waals surface area contributed by atoms with Crippen LogP contribution in [0.5, 0.6) is 0 Å². The number of hydrogen-bond donors (Lipinski definition) is 2. The Morgan fingerprint density at radius 1 is 1.06 bits per heavy atom. The first-order valence-electron chi connectivity index (χ1n) is 11.2. The molecule has 1 heterocycles. The Balaban J connectivity index is 1.61. The fourth-order valence-corrected chi connectivity index (χ4v) is 5.55. The predicted octanol–water partition coefficient (Wildman–Crippen LogP) is 4.09. The van der Waals surface area contributed by atoms with Crippen LogP contribution in [0.4, 0.5) is 11.4 Å². The molecule has 3 aromatic carbocycles. The van der Waals surface area contributed by atoms with Crippen LogP contribution in [0, 0.1) is 6.92 Å². The molecule has 0 saturated carbocycles. The first-order chi connectivity index (χ1) is 16.7. The molecule has 35 heavy (non-hydrogen) atoms. The minimum absolute atomic E-state index is 0.0476. The molecule has 182 valence electrons. The van der Waals surface area contributed by atoms with Crippen molar-refractivity contribution in [1.29, 1.82) is 0 Å². The zero-order chi connectivity index (χ0) is 25.2. The van der Waals surface area contributed by atoms with Gasteiger partial charge in [0.05, 0.1) is 4.90 Å². The van der Waals surface area contributed by atoms with E-state index in [0.717, 1.165) is 11.1 Å². The lowest BCUT2D eigenvalue weighted by molar-refractivity contribution is -0.118. The molecule has 0 aromatic heterocycles. The number of carbonyl (C=O) groups excluding carboxylic acids is 2. The van der Waals surface area contributed by atoms with E-state index in [2.05, 4.69) is 10.0 Å². The molecule has 2 amide bonds. The van der Waals surface area contributed by atoms with Crippen LogP contribution in [0.1, 0.15) is 23.6 Å². The number of sulfonamides is 1. The van der Waals surface area contributed by atoms with Gasteiger partial charge in [-0.15, -0.1) is 0 Å². The zero-order valence-electron chi connectivity index (χ0n) is 19.4. The molecule has 1 aliphatic rings. The largest absolute Gasteiger partial charge is 0.324 e. The second kappa shape index (κ2) is 10.2. The summed E-state index contributed by atoms with van der Waals surface area (Å²) in [5.41, 5.74) is 3.51. The SMILES string of the molecule is CC(=O)N1CCc2cc(S(=O)(=O)N[C@@H](Cc3ccccc3)C(=O)Nc3cccc(Cl)c3C)ccc21. The number of carbonyl (C=O) groups is 2. The van der Waals surface area contributed by atoms with Gasteiger partial charge < -0.3 is 10.2 Å². The van der Waals surface area contributed by atoms with E-state index in [4.69, 9.17) is 11.6 Å². The van der Waals surface area contributed by atoms with Gasteiger partial charge in [-0.3, -0.25) is 9.59 Å². The van der Waals surface area contributed by atoms with E-state index in [0.29, 0.717) is 34.9 Å². The lowest BCUT2D eigenvalue weighted by Crippen LogP contribution is -2.45. The van der Waals surface area contributed by atoms with E-state index < -0.39 is 22.0 Å². The molecule has 0 spiro atoms. The Kier molecular flexibility index (Phi) is 7.25. The molecule has 0 unspecified atom stereocenters. The van der Waals surface area contributed by atoms with Crippen molar-refractivity contribution in [2.45, 2.75) is 37.6 Å². The first kappa shape index (κ1) is 24.9. The maximum atomic E-state index is 13.3. The van der Waals surface area contributed by atoms with Gasteiger partial charge in [-0.1, -0.05) is 48.0 Å². The summed E-state index contributed by atoms with van der Waals surface area (Å²) in [6.45, 7) is 3.78. The Morgan fingerprint density at radius 3 is 2.51 bits per heavy atom. The second-order valence-corrected chi connectivity index (χ2v) is 10.6. The average molecular weight is 512 g/mol. The fourth-order valence-electron chi connectivity index (χ4n) is 4.13. The number of benzene rings is 3. The molecule has 0 aliphatic carbocycles. The summed E-state index contributed by atoms with van der Waals surface area (Å²) >= 11 is 6.18. The molecule has 1 aliphatic heterocycles. The Morgan fingerprint density at radius 2 is 1.80 bits per heavy atom. The number of fused-ring (bicyclic) bond motifs is 1. The number of halogens is 1. The third kappa shape index (κ3) is 5.56. The van der Waals surface area contributed by atoms with Gasteiger partial charge in [-0.05, 0) is 66.8 Å². The predicted molar refractivity (Wildman–Crippen MR) is 137 cm³/mol. The minimum atomic E-state index is -4.03. The van der Waals surface area contributed by atoms with Crippen molar-refractivity contribution in [3.63, 3.8) is 0 Å². The van der Waals surface area contributed by atoms with E-state index >= 15 is 0 Å². The molecular weight excluding hydrogens is 486 g/mol. The van der Waals surface area contributed by atoms with Crippen molar-refractivity contribution < 1.29 is 18.0 Å². The van der Waals surface area contributed by atoms with Gasteiger partial charge in [0.1, 0.15) is 6.04 Å². The lowest BCUT2D eigenvalue weighted by Gasteiger charge is -2.20. The normalized spacial score (nSPS) is 13.9. The van der Waals surface area contributed by atoms with Crippen LogP contribution >= 0.6 is 11.6 Å². The Bertz CT molecular complexity index is 1380. The summed E-state index contributed by atoms with van der Waals surface area (Å²) in [7, 11) is -4.03. The van der Waals surface area contributed by atoms with E-state index in [-0.39, 0.29) is 17.2 Å². The van der Waals surface area contributed by atoms with Crippen LogP contribution in [-0.2, 0) is 32.5 Å². The van der Waals surface area contributed by atoms with Crippen molar-refractivity contribution in [1.82, 2.24) is 4.72 Å². The van der Waals surface area contributed by atoms with Crippen LogP contribution in [0.2, 0.25) is 5.02 Å². The van der Waals surface area contributed by atoms with Crippen molar-refractivity contribution in [2.75, 3.05) is 16.8 Å². The highest BCUT2D eigenvalue weighted by Gasteiger charge is 2.29. The smallest absolute Gasteiger partial charge is 0.242 e. The zero-order valence-corrected chi connectivity index (χ0v) is 21.0. The molecule has 0 fully saturated rings. The van der Waals surface area contributed by atoms with Gasteiger partial charge in [0.2, 0.25) is 21.8 Å². The van der Waals surface area contributed by atoms with E-state index in [1.165, 1.54) is 13.0 Å². The fraction of sp³-hybridized carbons (Fsp3) is 0.231. The van der Waals surface area contributed by atoms with Gasteiger partial charge in [-0.2, -0.15) is 4.72 Å². The number of amides is 2. The van der Waals surface area contributed by atoms with Crippen molar-refractivity contribution in [3.05, 3.63) is 88.4 Å². The van der Waals surface area contributed by atoms with Gasteiger partial charge >= 0.3 is 0 Å². The van der Waals surface area contributed by atoms with Crippen LogP contribution < -0.4 is 14.9 Å². The van der Waals surface area contributed by atoms with Gasteiger partial charge in [0.15, 0.2) is 0 Å². The van der Waals surface area contributed by atoms with Crippen LogP contribution in [-0.4, -0.2) is 32.8 Å². The third-order valence-electron chi connectivity index (χ3n) is 6.06. The minimum Gasteiger partial charge on any atom is -0.324 e.